The van der Waals surface area contributed by atoms with E-state index in [0.717, 1.165) is 11.4 Å². The van der Waals surface area contributed by atoms with E-state index in [1.54, 1.807) is 14.0 Å². The summed E-state index contributed by atoms with van der Waals surface area (Å²) in [7, 11) is 1.66. The maximum atomic E-state index is 13.1. The first-order valence-electron chi connectivity index (χ1n) is 10.6. The second-order valence-corrected chi connectivity index (χ2v) is 7.76. The van der Waals surface area contributed by atoms with Gasteiger partial charge < -0.3 is 24.2 Å². The summed E-state index contributed by atoms with van der Waals surface area (Å²) in [5.41, 5.74) is 1.49. The van der Waals surface area contributed by atoms with Crippen LogP contribution >= 0.6 is 0 Å². The lowest BCUT2D eigenvalue weighted by Gasteiger charge is -2.37. The predicted molar refractivity (Wildman–Crippen MR) is 118 cm³/mol. The normalized spacial score (nSPS) is 17.0. The molecule has 166 valence electrons. The van der Waals surface area contributed by atoms with Crippen LogP contribution in [0.2, 0.25) is 0 Å². The minimum atomic E-state index is -0.199. The van der Waals surface area contributed by atoms with Gasteiger partial charge in [0, 0.05) is 51.0 Å². The Hall–Kier alpha value is -3.07. The van der Waals surface area contributed by atoms with Gasteiger partial charge in [-0.25, -0.2) is 4.98 Å². The maximum Gasteiger partial charge on any atom is 0.255 e. The molecule has 9 heteroatoms. The van der Waals surface area contributed by atoms with Gasteiger partial charge in [0.05, 0.1) is 26.0 Å². The van der Waals surface area contributed by atoms with Crippen molar-refractivity contribution in [3.8, 4) is 5.75 Å². The Morgan fingerprint density at radius 2 is 1.77 bits per heavy atom. The van der Waals surface area contributed by atoms with E-state index in [-0.39, 0.29) is 18.0 Å². The fourth-order valence-electron chi connectivity index (χ4n) is 4.08. The second kappa shape index (κ2) is 9.38. The summed E-state index contributed by atoms with van der Waals surface area (Å²) >= 11 is 0. The standard InChI is InChI=1S/C22H29N5O4/c1-17-15-20(28)27(22(23-17)26-11-13-31-14-12-26)16-21(29)25-9-7-24(8-10-25)18-5-3-4-6-19(18)30-2/h3-6,15H,7-14,16H2,1-2H3. The molecule has 2 aliphatic rings. The molecule has 0 saturated carbocycles. The number of carbonyl (C=O) groups is 1. The van der Waals surface area contributed by atoms with Gasteiger partial charge in [-0.15, -0.1) is 0 Å². The van der Waals surface area contributed by atoms with Gasteiger partial charge in [-0.3, -0.25) is 14.2 Å². The summed E-state index contributed by atoms with van der Waals surface area (Å²) in [5, 5.41) is 0. The molecule has 9 nitrogen and oxygen atoms in total. The number of ether oxygens (including phenoxy) is 2. The molecule has 0 bridgehead atoms. The van der Waals surface area contributed by atoms with Crippen molar-refractivity contribution in [1.82, 2.24) is 14.5 Å². The van der Waals surface area contributed by atoms with E-state index in [1.807, 2.05) is 34.1 Å². The average Bonchev–Trinajstić information content (AvgIpc) is 2.81. The highest BCUT2D eigenvalue weighted by Crippen LogP contribution is 2.28. The minimum Gasteiger partial charge on any atom is -0.495 e. The molecule has 0 unspecified atom stereocenters. The number of para-hydroxylation sites is 2. The number of methoxy groups -OCH3 is 1. The van der Waals surface area contributed by atoms with Crippen molar-refractivity contribution >= 4 is 17.5 Å². The number of carbonyl (C=O) groups excluding carboxylic acids is 1. The van der Waals surface area contributed by atoms with E-state index in [1.165, 1.54) is 10.6 Å². The SMILES string of the molecule is COc1ccccc1N1CCN(C(=O)Cn2c(N3CCOCC3)nc(C)cc2=O)CC1. The predicted octanol–water partition coefficient (Wildman–Crippen LogP) is 0.746. The molecule has 1 aromatic carbocycles. The van der Waals surface area contributed by atoms with Gasteiger partial charge in [0.2, 0.25) is 11.9 Å². The van der Waals surface area contributed by atoms with Gasteiger partial charge >= 0.3 is 0 Å². The molecule has 4 rings (SSSR count). The third-order valence-electron chi connectivity index (χ3n) is 5.76. The smallest absolute Gasteiger partial charge is 0.255 e. The van der Waals surface area contributed by atoms with E-state index in [9.17, 15) is 9.59 Å². The monoisotopic (exact) mass is 427 g/mol. The van der Waals surface area contributed by atoms with Gasteiger partial charge in [-0.05, 0) is 19.1 Å². The molecular weight excluding hydrogens is 398 g/mol. The highest BCUT2D eigenvalue weighted by molar-refractivity contribution is 5.77. The Kier molecular flexibility index (Phi) is 6.41. The molecular formula is C22H29N5O4. The molecule has 2 aliphatic heterocycles. The van der Waals surface area contributed by atoms with Crippen molar-refractivity contribution in [3.63, 3.8) is 0 Å². The largest absolute Gasteiger partial charge is 0.495 e. The van der Waals surface area contributed by atoms with Crippen LogP contribution in [0.5, 0.6) is 5.75 Å². The number of benzene rings is 1. The molecule has 0 aliphatic carbocycles. The quantitative estimate of drug-likeness (QED) is 0.697. The molecule has 2 saturated heterocycles. The number of nitrogens with zero attached hydrogens (tertiary/aromatic N) is 5. The average molecular weight is 428 g/mol. The van der Waals surface area contributed by atoms with Crippen LogP contribution in [0.25, 0.3) is 0 Å². The van der Waals surface area contributed by atoms with Crippen molar-refractivity contribution in [2.75, 3.05) is 69.4 Å². The Morgan fingerprint density at radius 1 is 1.06 bits per heavy atom. The number of hydrogen-bond donors (Lipinski definition) is 0. The molecule has 1 amide bonds. The fourth-order valence-corrected chi connectivity index (χ4v) is 4.08. The lowest BCUT2D eigenvalue weighted by atomic mass is 10.2. The fraction of sp³-hybridized carbons (Fsp3) is 0.500. The van der Waals surface area contributed by atoms with Gasteiger partial charge in [0.15, 0.2) is 0 Å². The van der Waals surface area contributed by atoms with Crippen molar-refractivity contribution < 1.29 is 14.3 Å². The van der Waals surface area contributed by atoms with Gasteiger partial charge in [0.25, 0.3) is 5.56 Å². The third-order valence-corrected chi connectivity index (χ3v) is 5.76. The zero-order chi connectivity index (χ0) is 21.8. The van der Waals surface area contributed by atoms with Crippen LogP contribution in [-0.2, 0) is 16.1 Å². The summed E-state index contributed by atoms with van der Waals surface area (Å²) in [5.74, 6) is 1.31. The van der Waals surface area contributed by atoms with E-state index in [0.29, 0.717) is 64.1 Å². The second-order valence-electron chi connectivity index (χ2n) is 7.76. The number of amides is 1. The molecule has 2 fully saturated rings. The van der Waals surface area contributed by atoms with Crippen LogP contribution < -0.4 is 20.1 Å². The topological polar surface area (TPSA) is 80.1 Å². The summed E-state index contributed by atoms with van der Waals surface area (Å²) in [6.45, 7) is 6.89. The van der Waals surface area contributed by atoms with Crippen molar-refractivity contribution in [1.29, 1.82) is 0 Å². The molecule has 0 spiro atoms. The lowest BCUT2D eigenvalue weighted by molar-refractivity contribution is -0.132. The van der Waals surface area contributed by atoms with E-state index < -0.39 is 0 Å². The summed E-state index contributed by atoms with van der Waals surface area (Å²) in [6.07, 6.45) is 0. The minimum absolute atomic E-state index is 0.00649. The zero-order valence-electron chi connectivity index (χ0n) is 18.1. The van der Waals surface area contributed by atoms with Crippen LogP contribution in [0.1, 0.15) is 5.69 Å². The Balaban J connectivity index is 1.45. The van der Waals surface area contributed by atoms with E-state index >= 15 is 0 Å². The van der Waals surface area contributed by atoms with Crippen molar-refractivity contribution in [3.05, 3.63) is 46.4 Å². The number of aromatic nitrogens is 2. The molecule has 2 aromatic rings. The van der Waals surface area contributed by atoms with Crippen LogP contribution in [-0.4, -0.2) is 80.0 Å². The van der Waals surface area contributed by atoms with Crippen LogP contribution in [0, 0.1) is 6.92 Å². The van der Waals surface area contributed by atoms with Crippen LogP contribution in [0.15, 0.2) is 35.1 Å². The third kappa shape index (κ3) is 4.66. The summed E-state index contributed by atoms with van der Waals surface area (Å²) < 4.78 is 12.4. The van der Waals surface area contributed by atoms with Crippen LogP contribution in [0.4, 0.5) is 11.6 Å². The van der Waals surface area contributed by atoms with Gasteiger partial charge in [0.1, 0.15) is 12.3 Å². The van der Waals surface area contributed by atoms with Gasteiger partial charge in [-0.1, -0.05) is 12.1 Å². The number of aryl methyl sites for hydroxylation is 1. The van der Waals surface area contributed by atoms with E-state index in [4.69, 9.17) is 9.47 Å². The molecule has 31 heavy (non-hydrogen) atoms. The summed E-state index contributed by atoms with van der Waals surface area (Å²) in [6, 6.07) is 9.39. The molecule has 1 aromatic heterocycles. The van der Waals surface area contributed by atoms with Crippen molar-refractivity contribution in [2.24, 2.45) is 0 Å². The zero-order valence-corrected chi connectivity index (χ0v) is 18.1. The van der Waals surface area contributed by atoms with Crippen molar-refractivity contribution in [2.45, 2.75) is 13.5 Å². The number of piperazine rings is 1. The Labute approximate surface area is 181 Å². The number of anilines is 2. The highest BCUT2D eigenvalue weighted by atomic mass is 16.5. The van der Waals surface area contributed by atoms with E-state index in [2.05, 4.69) is 9.88 Å². The molecule has 0 radical (unpaired) electrons. The van der Waals surface area contributed by atoms with Crippen LogP contribution in [0.3, 0.4) is 0 Å². The first-order chi connectivity index (χ1) is 15.1. The molecule has 0 atom stereocenters. The first kappa shape index (κ1) is 21.2. The lowest BCUT2D eigenvalue weighted by Crippen LogP contribution is -2.50. The van der Waals surface area contributed by atoms with Gasteiger partial charge in [-0.2, -0.15) is 0 Å². The number of rotatable bonds is 5. The Bertz CT molecular complexity index is 978. The Morgan fingerprint density at radius 3 is 2.48 bits per heavy atom. The first-order valence-corrected chi connectivity index (χ1v) is 10.6. The summed E-state index contributed by atoms with van der Waals surface area (Å²) in [4.78, 5) is 36.4. The molecule has 0 N–H and O–H groups in total. The number of morpholine rings is 1. The molecule has 3 heterocycles. The number of hydrogen-bond acceptors (Lipinski definition) is 7. The highest BCUT2D eigenvalue weighted by Gasteiger charge is 2.25. The maximum absolute atomic E-state index is 13.1.